The van der Waals surface area contributed by atoms with Crippen molar-refractivity contribution in [1.29, 1.82) is 0 Å². The lowest BCUT2D eigenvalue weighted by Gasteiger charge is -2.13. The van der Waals surface area contributed by atoms with Crippen molar-refractivity contribution < 1.29 is 14.7 Å². The van der Waals surface area contributed by atoms with Crippen LogP contribution in [0, 0.1) is 18.3 Å². The van der Waals surface area contributed by atoms with Gasteiger partial charge in [-0.2, -0.15) is 0 Å². The van der Waals surface area contributed by atoms with Gasteiger partial charge in [-0.25, -0.2) is 4.79 Å². The molecule has 0 aromatic heterocycles. The van der Waals surface area contributed by atoms with Crippen molar-refractivity contribution in [3.63, 3.8) is 0 Å². The summed E-state index contributed by atoms with van der Waals surface area (Å²) >= 11 is 0. The zero-order chi connectivity index (χ0) is 10.4. The first-order valence-corrected chi connectivity index (χ1v) is 3.95. The van der Waals surface area contributed by atoms with Crippen LogP contribution in [-0.4, -0.2) is 23.0 Å². The van der Waals surface area contributed by atoms with Crippen molar-refractivity contribution in [3.8, 4) is 12.3 Å². The summed E-state index contributed by atoms with van der Waals surface area (Å²) in [6.07, 6.45) is 4.96. The topological polar surface area (TPSA) is 66.4 Å². The molecule has 1 amide bonds. The molecule has 0 aromatic rings. The van der Waals surface area contributed by atoms with Crippen molar-refractivity contribution in [3.05, 3.63) is 0 Å². The highest BCUT2D eigenvalue weighted by atomic mass is 16.4. The molecule has 4 nitrogen and oxygen atoms in total. The van der Waals surface area contributed by atoms with Crippen molar-refractivity contribution in [2.24, 2.45) is 5.92 Å². The van der Waals surface area contributed by atoms with E-state index in [2.05, 4.69) is 11.2 Å². The van der Waals surface area contributed by atoms with Gasteiger partial charge in [0.15, 0.2) is 0 Å². The molecule has 1 atom stereocenters. The van der Waals surface area contributed by atoms with Crippen molar-refractivity contribution in [1.82, 2.24) is 5.32 Å². The molecule has 0 aromatic carbocycles. The lowest BCUT2D eigenvalue weighted by Crippen LogP contribution is -2.42. The Bertz CT molecular complexity index is 240. The van der Waals surface area contributed by atoms with E-state index < -0.39 is 12.0 Å². The summed E-state index contributed by atoms with van der Waals surface area (Å²) in [5.41, 5.74) is 0. The molecule has 0 unspecified atom stereocenters. The molecule has 0 saturated heterocycles. The van der Waals surface area contributed by atoms with Gasteiger partial charge in [0, 0.05) is 12.3 Å². The Hall–Kier alpha value is -1.50. The van der Waals surface area contributed by atoms with Crippen LogP contribution in [0.5, 0.6) is 0 Å². The largest absolute Gasteiger partial charge is 0.480 e. The van der Waals surface area contributed by atoms with E-state index in [4.69, 9.17) is 11.5 Å². The van der Waals surface area contributed by atoms with E-state index in [9.17, 15) is 9.59 Å². The maximum Gasteiger partial charge on any atom is 0.327 e. The summed E-state index contributed by atoms with van der Waals surface area (Å²) in [6.45, 7) is 3.37. The minimum Gasteiger partial charge on any atom is -0.480 e. The third-order valence-corrected chi connectivity index (χ3v) is 1.46. The number of carbonyl (C=O) groups excluding carboxylic acids is 1. The van der Waals surface area contributed by atoms with Crippen LogP contribution in [0.1, 0.15) is 20.3 Å². The second-order valence-corrected chi connectivity index (χ2v) is 2.96. The minimum atomic E-state index is -1.10. The number of amides is 1. The van der Waals surface area contributed by atoms with Gasteiger partial charge in [0.05, 0.1) is 0 Å². The molecule has 13 heavy (non-hydrogen) atoms. The second kappa shape index (κ2) is 5.20. The molecule has 4 heteroatoms. The molecule has 0 aliphatic heterocycles. The van der Waals surface area contributed by atoms with Gasteiger partial charge in [-0.3, -0.25) is 4.79 Å². The number of carboxylic acids is 1. The number of aliphatic carboxylic acids is 1. The molecule has 0 bridgehead atoms. The molecule has 72 valence electrons. The van der Waals surface area contributed by atoms with Gasteiger partial charge in [0.25, 0.3) is 0 Å². The predicted molar refractivity (Wildman–Crippen MR) is 47.9 cm³/mol. The van der Waals surface area contributed by atoms with Crippen LogP contribution in [-0.2, 0) is 9.59 Å². The van der Waals surface area contributed by atoms with Crippen LogP contribution in [0.4, 0.5) is 0 Å². The molecule has 0 aliphatic rings. The van der Waals surface area contributed by atoms with E-state index in [-0.39, 0.29) is 18.2 Å². The van der Waals surface area contributed by atoms with Crippen molar-refractivity contribution >= 4 is 11.9 Å². The van der Waals surface area contributed by atoms with E-state index in [0.29, 0.717) is 0 Å². The molecular weight excluding hydrogens is 170 g/mol. The number of carbonyl (C=O) groups is 2. The van der Waals surface area contributed by atoms with Crippen LogP contribution in [0.15, 0.2) is 0 Å². The van der Waals surface area contributed by atoms with E-state index in [1.807, 2.05) is 0 Å². The summed E-state index contributed by atoms with van der Waals surface area (Å²) in [5, 5.41) is 11.0. The first kappa shape index (κ1) is 11.5. The Labute approximate surface area is 77.3 Å². The predicted octanol–water partition coefficient (Wildman–Crippen LogP) is 0.235. The molecule has 0 spiro atoms. The van der Waals surface area contributed by atoms with E-state index in [0.717, 1.165) is 0 Å². The highest BCUT2D eigenvalue weighted by Crippen LogP contribution is 1.96. The number of rotatable bonds is 4. The van der Waals surface area contributed by atoms with Crippen LogP contribution in [0.25, 0.3) is 0 Å². The summed E-state index contributed by atoms with van der Waals surface area (Å²) in [7, 11) is 0. The number of terminal acetylenes is 1. The minimum absolute atomic E-state index is 0.00773. The van der Waals surface area contributed by atoms with E-state index >= 15 is 0 Å². The van der Waals surface area contributed by atoms with Crippen LogP contribution in [0.3, 0.4) is 0 Å². The van der Waals surface area contributed by atoms with Gasteiger partial charge >= 0.3 is 5.97 Å². The monoisotopic (exact) mass is 183 g/mol. The highest BCUT2D eigenvalue weighted by Gasteiger charge is 2.19. The van der Waals surface area contributed by atoms with Crippen LogP contribution >= 0.6 is 0 Å². The average Bonchev–Trinajstić information content (AvgIpc) is 2.03. The van der Waals surface area contributed by atoms with Crippen molar-refractivity contribution in [2.45, 2.75) is 26.3 Å². The average molecular weight is 183 g/mol. The zero-order valence-electron chi connectivity index (χ0n) is 7.70. The summed E-state index contributed by atoms with van der Waals surface area (Å²) in [4.78, 5) is 21.6. The number of nitrogens with one attached hydrogen (secondary N) is 1. The number of hydrogen-bond acceptors (Lipinski definition) is 2. The second-order valence-electron chi connectivity index (χ2n) is 2.96. The van der Waals surface area contributed by atoms with Gasteiger partial charge in [0.1, 0.15) is 6.04 Å². The smallest absolute Gasteiger partial charge is 0.327 e. The number of hydrogen-bond donors (Lipinski definition) is 2. The van der Waals surface area contributed by atoms with E-state index in [1.165, 1.54) is 0 Å². The quantitative estimate of drug-likeness (QED) is 0.613. The first-order valence-electron chi connectivity index (χ1n) is 3.95. The summed E-state index contributed by atoms with van der Waals surface area (Å²) in [5.74, 6) is 0.554. The van der Waals surface area contributed by atoms with Crippen LogP contribution < -0.4 is 5.32 Å². The first-order chi connectivity index (χ1) is 5.99. The molecule has 0 fully saturated rings. The zero-order valence-corrected chi connectivity index (χ0v) is 7.70. The van der Waals surface area contributed by atoms with Gasteiger partial charge in [0.2, 0.25) is 5.91 Å². The fraction of sp³-hybridized carbons (Fsp3) is 0.556. The maximum atomic E-state index is 11.1. The molecular formula is C9H13NO3. The fourth-order valence-corrected chi connectivity index (χ4v) is 0.656. The van der Waals surface area contributed by atoms with Crippen molar-refractivity contribution in [2.75, 3.05) is 0 Å². The highest BCUT2D eigenvalue weighted by molar-refractivity contribution is 5.84. The molecule has 0 rings (SSSR count). The normalized spacial score (nSPS) is 11.8. The van der Waals surface area contributed by atoms with Gasteiger partial charge in [-0.1, -0.05) is 13.8 Å². The Morgan fingerprint density at radius 3 is 2.38 bits per heavy atom. The lowest BCUT2D eigenvalue weighted by atomic mass is 10.1. The van der Waals surface area contributed by atoms with Gasteiger partial charge in [-0.15, -0.1) is 12.3 Å². The summed E-state index contributed by atoms with van der Waals surface area (Å²) < 4.78 is 0. The number of carboxylic acid groups (broad SMARTS) is 1. The molecule has 2 N–H and O–H groups in total. The van der Waals surface area contributed by atoms with E-state index in [1.54, 1.807) is 13.8 Å². The third kappa shape index (κ3) is 4.16. The third-order valence-electron chi connectivity index (χ3n) is 1.46. The standard InChI is InChI=1S/C9H13NO3/c1-4-5-7(9(12)13)10-8(11)6(2)3/h1,6-7H,5H2,2-3H3,(H,10,11)(H,12,13)/t7-/m0/s1. The van der Waals surface area contributed by atoms with Gasteiger partial charge in [-0.05, 0) is 0 Å². The fourth-order valence-electron chi connectivity index (χ4n) is 0.656. The Morgan fingerprint density at radius 1 is 1.54 bits per heavy atom. The molecule has 0 aliphatic carbocycles. The maximum absolute atomic E-state index is 11.1. The van der Waals surface area contributed by atoms with Gasteiger partial charge < -0.3 is 10.4 Å². The summed E-state index contributed by atoms with van der Waals surface area (Å²) in [6, 6.07) is -0.972. The Morgan fingerprint density at radius 2 is 2.08 bits per heavy atom. The SMILES string of the molecule is C#CC[C@H](NC(=O)C(C)C)C(=O)O. The molecule has 0 radical (unpaired) electrons. The molecule has 0 saturated carbocycles. The lowest BCUT2D eigenvalue weighted by molar-refractivity contribution is -0.142. The Kier molecular flexibility index (Phi) is 4.60. The Balaban J connectivity index is 4.20. The van der Waals surface area contributed by atoms with Crippen LogP contribution in [0.2, 0.25) is 0 Å². The molecule has 0 heterocycles.